The maximum absolute atomic E-state index is 13.6. The lowest BCUT2D eigenvalue weighted by molar-refractivity contribution is -0.133. The first kappa shape index (κ1) is 35.6. The van der Waals surface area contributed by atoms with Crippen molar-refractivity contribution in [3.63, 3.8) is 0 Å². The Balaban J connectivity index is 1.62. The molecule has 0 aromatic heterocycles. The Kier molecular flexibility index (Phi) is 10.1. The Morgan fingerprint density at radius 1 is 1.02 bits per heavy atom. The molecule has 0 radical (unpaired) electrons. The quantitative estimate of drug-likeness (QED) is 0.253. The Labute approximate surface area is 273 Å². The third kappa shape index (κ3) is 6.76. The number of hydrogen-bond acceptors (Lipinski definition) is 5. The number of amides is 1. The van der Waals surface area contributed by atoms with Gasteiger partial charge in [-0.05, 0) is 85.0 Å². The number of hydrogen-bond donors (Lipinski definition) is 1. The van der Waals surface area contributed by atoms with Crippen LogP contribution in [0.5, 0.6) is 0 Å². The Hall–Kier alpha value is -2.26. The van der Waals surface area contributed by atoms with Gasteiger partial charge in [-0.3, -0.25) is 14.4 Å². The van der Waals surface area contributed by atoms with E-state index in [-0.39, 0.29) is 50.6 Å². The van der Waals surface area contributed by atoms with Crippen LogP contribution in [0.3, 0.4) is 0 Å². The van der Waals surface area contributed by atoms with Gasteiger partial charge in [-0.1, -0.05) is 80.4 Å². The van der Waals surface area contributed by atoms with Gasteiger partial charge in [-0.2, -0.15) is 5.26 Å². The van der Waals surface area contributed by atoms with Gasteiger partial charge in [-0.25, -0.2) is 0 Å². The highest BCUT2D eigenvalue weighted by Crippen LogP contribution is 2.69. The molecule has 0 unspecified atom stereocenters. The Morgan fingerprint density at radius 3 is 2.31 bits per heavy atom. The molecule has 0 bridgehead atoms. The summed E-state index contributed by atoms with van der Waals surface area (Å²) in [5.74, 6) is 0.408. The maximum Gasteiger partial charge on any atom is 0.222 e. The smallest absolute Gasteiger partial charge is 0.222 e. The standard InChI is InChI=1S/C39H61N3O3/c1-10-13-34(2,3)16-17-36(6,14-12-32(44)42-22-20-41-21-23-42)18-19-37(7)26-29(43)24-31-38(8)25-28(27-40)33(45)35(4,5)30(38)11-15-39(31,37)9/h24-25,30,41H,10-23,26H2,1-9H3/t30-,36-,37+,38-,39+/m0/s1. The van der Waals surface area contributed by atoms with Gasteiger partial charge < -0.3 is 10.2 Å². The van der Waals surface area contributed by atoms with E-state index in [0.717, 1.165) is 76.7 Å². The summed E-state index contributed by atoms with van der Waals surface area (Å²) in [5.41, 5.74) is -0.0424. The highest BCUT2D eigenvalue weighted by Gasteiger charge is 2.63. The molecule has 1 amide bonds. The summed E-state index contributed by atoms with van der Waals surface area (Å²) in [4.78, 5) is 42.2. The first-order valence-electron chi connectivity index (χ1n) is 17.8. The summed E-state index contributed by atoms with van der Waals surface area (Å²) in [5, 5.41) is 13.3. The van der Waals surface area contributed by atoms with Crippen LogP contribution in [0.15, 0.2) is 23.3 Å². The van der Waals surface area contributed by atoms with E-state index >= 15 is 0 Å². The summed E-state index contributed by atoms with van der Waals surface area (Å²) in [6.07, 6.45) is 14.0. The zero-order valence-corrected chi connectivity index (χ0v) is 30.0. The number of nitriles is 1. The van der Waals surface area contributed by atoms with Crippen LogP contribution in [0.4, 0.5) is 0 Å². The maximum atomic E-state index is 13.6. The van der Waals surface area contributed by atoms with Gasteiger partial charge in [0.2, 0.25) is 5.91 Å². The van der Waals surface area contributed by atoms with Gasteiger partial charge in [0.1, 0.15) is 6.07 Å². The number of rotatable bonds is 11. The lowest BCUT2D eigenvalue weighted by atomic mass is 9.40. The van der Waals surface area contributed by atoms with Crippen molar-refractivity contribution < 1.29 is 14.4 Å². The molecule has 4 aliphatic rings. The van der Waals surface area contributed by atoms with E-state index in [4.69, 9.17) is 0 Å². The van der Waals surface area contributed by atoms with E-state index in [1.807, 2.05) is 30.9 Å². The molecule has 1 heterocycles. The number of nitrogens with zero attached hydrogens (tertiary/aromatic N) is 2. The summed E-state index contributed by atoms with van der Waals surface area (Å²) in [7, 11) is 0. The SMILES string of the molecule is CCCC(C)(C)CC[C@](C)(CCC(=O)N1CCNCC1)CC[C@]1(C)CC(=O)C=C2[C@@]3(C)C=C(C#N)C(=O)C(C)(C)[C@@H]3CC[C@]21C. The van der Waals surface area contributed by atoms with Crippen molar-refractivity contribution in [2.75, 3.05) is 26.2 Å². The van der Waals surface area contributed by atoms with Crippen LogP contribution >= 0.6 is 0 Å². The van der Waals surface area contributed by atoms with Crippen LogP contribution in [-0.2, 0) is 14.4 Å². The topological polar surface area (TPSA) is 90.3 Å². The molecular weight excluding hydrogens is 558 g/mol. The van der Waals surface area contributed by atoms with Crippen LogP contribution in [0.1, 0.15) is 133 Å². The first-order chi connectivity index (χ1) is 20.9. The van der Waals surface area contributed by atoms with Crippen LogP contribution in [-0.4, -0.2) is 48.6 Å². The fourth-order valence-corrected chi connectivity index (χ4v) is 9.87. The average Bonchev–Trinajstić information content (AvgIpc) is 2.98. The Bertz CT molecular complexity index is 1280. The van der Waals surface area contributed by atoms with Gasteiger partial charge in [-0.15, -0.1) is 0 Å². The molecule has 1 saturated carbocycles. The number of carbonyl (C=O) groups is 3. The molecule has 2 fully saturated rings. The summed E-state index contributed by atoms with van der Waals surface area (Å²) >= 11 is 0. The number of ketones is 2. The van der Waals surface area contributed by atoms with Crippen molar-refractivity contribution >= 4 is 17.5 Å². The number of Topliss-reactive ketones (excluding diaryl/α,β-unsaturated/α-hetero) is 1. The van der Waals surface area contributed by atoms with E-state index in [9.17, 15) is 19.6 Å². The lowest BCUT2D eigenvalue weighted by Crippen LogP contribution is -2.57. The van der Waals surface area contributed by atoms with Crippen molar-refractivity contribution in [2.45, 2.75) is 133 Å². The van der Waals surface area contributed by atoms with Gasteiger partial charge in [0, 0.05) is 49.9 Å². The third-order valence-corrected chi connectivity index (χ3v) is 13.3. The molecule has 1 N–H and O–H groups in total. The second-order valence-electron chi connectivity index (χ2n) is 17.5. The van der Waals surface area contributed by atoms with Gasteiger partial charge in [0.25, 0.3) is 0 Å². The minimum atomic E-state index is -0.658. The van der Waals surface area contributed by atoms with Crippen LogP contribution < -0.4 is 5.32 Å². The average molecular weight is 620 g/mol. The lowest BCUT2D eigenvalue weighted by Gasteiger charge is -2.63. The monoisotopic (exact) mass is 619 g/mol. The molecule has 250 valence electrons. The van der Waals surface area contributed by atoms with Crippen molar-refractivity contribution in [1.29, 1.82) is 5.26 Å². The zero-order chi connectivity index (χ0) is 33.5. The fourth-order valence-electron chi connectivity index (χ4n) is 9.87. The van der Waals surface area contributed by atoms with Crippen LogP contribution in [0.25, 0.3) is 0 Å². The van der Waals surface area contributed by atoms with Crippen molar-refractivity contribution in [3.05, 3.63) is 23.3 Å². The molecule has 1 saturated heterocycles. The normalized spacial score (nSPS) is 32.9. The summed E-state index contributed by atoms with van der Waals surface area (Å²) < 4.78 is 0. The predicted molar refractivity (Wildman–Crippen MR) is 181 cm³/mol. The highest BCUT2D eigenvalue weighted by atomic mass is 16.2. The van der Waals surface area contributed by atoms with E-state index in [0.29, 0.717) is 12.8 Å². The van der Waals surface area contributed by atoms with Gasteiger partial charge >= 0.3 is 0 Å². The molecular formula is C39H61N3O3. The molecule has 1 aliphatic heterocycles. The number of nitrogens with one attached hydrogen (secondary N) is 1. The minimum absolute atomic E-state index is 0.00726. The third-order valence-electron chi connectivity index (χ3n) is 13.3. The van der Waals surface area contributed by atoms with Crippen LogP contribution in [0.2, 0.25) is 0 Å². The molecule has 3 aliphatic carbocycles. The van der Waals surface area contributed by atoms with Crippen LogP contribution in [0, 0.1) is 49.7 Å². The summed E-state index contributed by atoms with van der Waals surface area (Å²) in [6, 6.07) is 2.20. The zero-order valence-electron chi connectivity index (χ0n) is 30.0. The van der Waals surface area contributed by atoms with Crippen molar-refractivity contribution in [3.8, 4) is 6.07 Å². The molecule has 6 heteroatoms. The van der Waals surface area contributed by atoms with Gasteiger partial charge in [0.05, 0.1) is 5.57 Å². The van der Waals surface area contributed by atoms with E-state index in [1.165, 1.54) is 12.8 Å². The number of carbonyl (C=O) groups excluding carboxylic acids is 3. The van der Waals surface area contributed by atoms with E-state index in [1.54, 1.807) is 0 Å². The highest BCUT2D eigenvalue weighted by molar-refractivity contribution is 6.04. The van der Waals surface area contributed by atoms with Gasteiger partial charge in [0.15, 0.2) is 11.6 Å². The van der Waals surface area contributed by atoms with E-state index < -0.39 is 10.8 Å². The second-order valence-corrected chi connectivity index (χ2v) is 17.5. The number of allylic oxidation sites excluding steroid dienone is 4. The number of fused-ring (bicyclic) bond motifs is 3. The van der Waals surface area contributed by atoms with E-state index in [2.05, 4.69) is 59.9 Å². The van der Waals surface area contributed by atoms with Crippen molar-refractivity contribution in [2.24, 2.45) is 38.4 Å². The molecule has 4 rings (SSSR count). The molecule has 5 atom stereocenters. The number of piperazine rings is 1. The predicted octanol–water partition coefficient (Wildman–Crippen LogP) is 7.98. The largest absolute Gasteiger partial charge is 0.340 e. The molecule has 0 aromatic carbocycles. The molecule has 0 spiro atoms. The minimum Gasteiger partial charge on any atom is -0.340 e. The second kappa shape index (κ2) is 12.7. The first-order valence-corrected chi connectivity index (χ1v) is 17.8. The molecule has 45 heavy (non-hydrogen) atoms. The summed E-state index contributed by atoms with van der Waals surface area (Å²) in [6.45, 7) is 23.5. The van der Waals surface area contributed by atoms with Crippen molar-refractivity contribution in [1.82, 2.24) is 10.2 Å². The Morgan fingerprint density at radius 2 is 1.69 bits per heavy atom. The fraction of sp³-hybridized carbons (Fsp3) is 0.795. The molecule has 0 aromatic rings. The molecule has 6 nitrogen and oxygen atoms in total.